The molecule has 3 aliphatic rings. The van der Waals surface area contributed by atoms with Gasteiger partial charge in [-0.1, -0.05) is 0 Å². The summed E-state index contributed by atoms with van der Waals surface area (Å²) >= 11 is 0. The predicted octanol–water partition coefficient (Wildman–Crippen LogP) is 1.67. The van der Waals surface area contributed by atoms with Crippen LogP contribution in [0.25, 0.3) is 0 Å². The Labute approximate surface area is 104 Å². The minimum Gasteiger partial charge on any atom is -0.300 e. The molecule has 3 nitrogen and oxygen atoms in total. The van der Waals surface area contributed by atoms with Gasteiger partial charge in [0.15, 0.2) is 0 Å². The molecule has 3 rings (SSSR count). The zero-order valence-electron chi connectivity index (χ0n) is 10.7. The van der Waals surface area contributed by atoms with Crippen molar-refractivity contribution in [3.05, 3.63) is 0 Å². The highest BCUT2D eigenvalue weighted by molar-refractivity contribution is 5.79. The van der Waals surface area contributed by atoms with E-state index < -0.39 is 0 Å². The maximum absolute atomic E-state index is 11.6. The molecule has 0 amide bonds. The lowest BCUT2D eigenvalue weighted by Crippen LogP contribution is -2.44. The standard InChI is InChI=1S/C14H24N2O/c17-14-6-1-4-12(10-14)16-9-3-8-15-7-2-5-13(15)11-16/h12-13H,1-11H2. The first-order valence-corrected chi connectivity index (χ1v) is 7.33. The van der Waals surface area contributed by atoms with Crippen molar-refractivity contribution < 1.29 is 4.79 Å². The third-order valence-corrected chi connectivity index (χ3v) is 4.81. The van der Waals surface area contributed by atoms with Crippen LogP contribution in [0.15, 0.2) is 0 Å². The van der Waals surface area contributed by atoms with Gasteiger partial charge in [0.05, 0.1) is 0 Å². The summed E-state index contributed by atoms with van der Waals surface area (Å²) < 4.78 is 0. The highest BCUT2D eigenvalue weighted by atomic mass is 16.1. The Hall–Kier alpha value is -0.410. The largest absolute Gasteiger partial charge is 0.300 e. The van der Waals surface area contributed by atoms with Gasteiger partial charge in [0.1, 0.15) is 5.78 Å². The number of nitrogens with zero attached hydrogens (tertiary/aromatic N) is 2. The Morgan fingerprint density at radius 2 is 1.65 bits per heavy atom. The van der Waals surface area contributed by atoms with Crippen molar-refractivity contribution in [2.75, 3.05) is 26.2 Å². The molecule has 0 aromatic heterocycles. The summed E-state index contributed by atoms with van der Waals surface area (Å²) in [6.45, 7) is 5.02. The Morgan fingerprint density at radius 1 is 0.882 bits per heavy atom. The van der Waals surface area contributed by atoms with E-state index in [0.29, 0.717) is 11.8 Å². The molecular formula is C14H24N2O. The lowest BCUT2D eigenvalue weighted by molar-refractivity contribution is -0.122. The lowest BCUT2D eigenvalue weighted by atomic mass is 9.92. The van der Waals surface area contributed by atoms with Crippen LogP contribution in [0.2, 0.25) is 0 Å². The molecule has 0 aromatic carbocycles. The molecule has 2 saturated heterocycles. The zero-order chi connectivity index (χ0) is 11.7. The number of hydrogen-bond acceptors (Lipinski definition) is 3. The van der Waals surface area contributed by atoms with Crippen molar-refractivity contribution in [1.29, 1.82) is 0 Å². The first-order valence-electron chi connectivity index (χ1n) is 7.33. The molecule has 17 heavy (non-hydrogen) atoms. The number of carbonyl (C=O) groups is 1. The minimum atomic E-state index is 0.494. The van der Waals surface area contributed by atoms with Gasteiger partial charge in [-0.25, -0.2) is 0 Å². The molecule has 3 fully saturated rings. The van der Waals surface area contributed by atoms with Crippen LogP contribution in [0.4, 0.5) is 0 Å². The molecule has 1 aliphatic carbocycles. The number of carbonyl (C=O) groups excluding carboxylic acids is 1. The topological polar surface area (TPSA) is 23.6 Å². The maximum Gasteiger partial charge on any atom is 0.134 e. The van der Waals surface area contributed by atoms with Crippen molar-refractivity contribution in [2.24, 2.45) is 0 Å². The van der Waals surface area contributed by atoms with E-state index in [4.69, 9.17) is 0 Å². The first-order chi connectivity index (χ1) is 8.33. The van der Waals surface area contributed by atoms with Crippen molar-refractivity contribution in [3.8, 4) is 0 Å². The van der Waals surface area contributed by atoms with Gasteiger partial charge in [0.2, 0.25) is 0 Å². The third kappa shape index (κ3) is 2.55. The lowest BCUT2D eigenvalue weighted by Gasteiger charge is -2.34. The molecule has 1 saturated carbocycles. The maximum atomic E-state index is 11.6. The van der Waals surface area contributed by atoms with Gasteiger partial charge in [0.25, 0.3) is 0 Å². The van der Waals surface area contributed by atoms with E-state index in [0.717, 1.165) is 25.3 Å². The van der Waals surface area contributed by atoms with Crippen LogP contribution < -0.4 is 0 Å². The Kier molecular flexibility index (Phi) is 3.48. The molecule has 0 N–H and O–H groups in total. The van der Waals surface area contributed by atoms with Gasteiger partial charge in [-0.2, -0.15) is 0 Å². The highest BCUT2D eigenvalue weighted by Gasteiger charge is 2.32. The molecular weight excluding hydrogens is 212 g/mol. The van der Waals surface area contributed by atoms with Crippen LogP contribution in [-0.4, -0.2) is 53.8 Å². The molecule has 2 atom stereocenters. The average molecular weight is 236 g/mol. The zero-order valence-corrected chi connectivity index (χ0v) is 10.7. The van der Waals surface area contributed by atoms with Gasteiger partial charge in [-0.15, -0.1) is 0 Å². The summed E-state index contributed by atoms with van der Waals surface area (Å²) in [5.41, 5.74) is 0. The van der Waals surface area contributed by atoms with Gasteiger partial charge in [-0.3, -0.25) is 14.6 Å². The predicted molar refractivity (Wildman–Crippen MR) is 68.0 cm³/mol. The number of Topliss-reactive ketones (excluding diaryl/α,β-unsaturated/α-hetero) is 1. The highest BCUT2D eigenvalue weighted by Crippen LogP contribution is 2.26. The third-order valence-electron chi connectivity index (χ3n) is 4.81. The molecule has 2 unspecified atom stereocenters. The summed E-state index contributed by atoms with van der Waals surface area (Å²) in [7, 11) is 0. The summed E-state index contributed by atoms with van der Waals surface area (Å²) in [4.78, 5) is 16.9. The van der Waals surface area contributed by atoms with Gasteiger partial charge < -0.3 is 0 Å². The fourth-order valence-electron chi connectivity index (χ4n) is 3.88. The van der Waals surface area contributed by atoms with Crippen LogP contribution in [0.3, 0.4) is 0 Å². The Bertz CT molecular complexity index is 292. The van der Waals surface area contributed by atoms with E-state index >= 15 is 0 Å². The molecule has 96 valence electrons. The Morgan fingerprint density at radius 3 is 2.53 bits per heavy atom. The number of hydrogen-bond donors (Lipinski definition) is 0. The average Bonchev–Trinajstić information content (AvgIpc) is 2.66. The van der Waals surface area contributed by atoms with E-state index in [9.17, 15) is 4.79 Å². The molecule has 0 bridgehead atoms. The summed E-state index contributed by atoms with van der Waals surface area (Å²) in [6, 6.07) is 1.35. The molecule has 0 radical (unpaired) electrons. The van der Waals surface area contributed by atoms with E-state index in [1.54, 1.807) is 0 Å². The van der Waals surface area contributed by atoms with Crippen LogP contribution >= 0.6 is 0 Å². The summed E-state index contributed by atoms with van der Waals surface area (Å²) in [6.07, 6.45) is 8.07. The van der Waals surface area contributed by atoms with E-state index in [1.165, 1.54) is 51.9 Å². The number of fused-ring (bicyclic) bond motifs is 1. The van der Waals surface area contributed by atoms with Crippen molar-refractivity contribution >= 4 is 5.78 Å². The minimum absolute atomic E-state index is 0.494. The van der Waals surface area contributed by atoms with Gasteiger partial charge >= 0.3 is 0 Å². The second-order valence-corrected chi connectivity index (χ2v) is 5.97. The normalized spacial score (nSPS) is 36.8. The van der Waals surface area contributed by atoms with Crippen molar-refractivity contribution in [1.82, 2.24) is 9.80 Å². The van der Waals surface area contributed by atoms with Gasteiger partial charge in [-0.05, 0) is 51.7 Å². The summed E-state index contributed by atoms with van der Waals surface area (Å²) in [5, 5.41) is 0. The Balaban J connectivity index is 1.64. The monoisotopic (exact) mass is 236 g/mol. The van der Waals surface area contributed by atoms with Crippen LogP contribution in [-0.2, 0) is 4.79 Å². The second kappa shape index (κ2) is 5.07. The van der Waals surface area contributed by atoms with Crippen LogP contribution in [0.5, 0.6) is 0 Å². The van der Waals surface area contributed by atoms with Crippen molar-refractivity contribution in [2.45, 2.75) is 57.0 Å². The molecule has 3 heteroatoms. The molecule has 2 heterocycles. The first kappa shape index (κ1) is 11.7. The van der Waals surface area contributed by atoms with Gasteiger partial charge in [0, 0.05) is 31.5 Å². The van der Waals surface area contributed by atoms with E-state index in [1.807, 2.05) is 0 Å². The quantitative estimate of drug-likeness (QED) is 0.692. The number of ketones is 1. The fraction of sp³-hybridized carbons (Fsp3) is 0.929. The smallest absolute Gasteiger partial charge is 0.134 e. The summed E-state index contributed by atoms with van der Waals surface area (Å²) in [5.74, 6) is 0.494. The second-order valence-electron chi connectivity index (χ2n) is 5.97. The van der Waals surface area contributed by atoms with Crippen molar-refractivity contribution in [3.63, 3.8) is 0 Å². The molecule has 2 aliphatic heterocycles. The molecule has 0 aromatic rings. The van der Waals surface area contributed by atoms with E-state index in [2.05, 4.69) is 9.80 Å². The van der Waals surface area contributed by atoms with Crippen LogP contribution in [0, 0.1) is 0 Å². The van der Waals surface area contributed by atoms with E-state index in [-0.39, 0.29) is 0 Å². The SMILES string of the molecule is O=C1CCCC(N2CCCN3CCCC3C2)C1. The number of rotatable bonds is 1. The molecule has 0 spiro atoms. The fourth-order valence-corrected chi connectivity index (χ4v) is 3.88. The van der Waals surface area contributed by atoms with Crippen LogP contribution in [0.1, 0.15) is 44.9 Å².